The first-order valence-electron chi connectivity index (χ1n) is 5.12. The number of aryl methyl sites for hydroxylation is 1. The standard InChI is InChI=1S/C11H18N2O2/c1-9-6-7-11(15-9)13(3)10(14)5-4-8-12-2/h6-7,12H,4-5,8H2,1-3H3. The van der Waals surface area contributed by atoms with Crippen LogP contribution in [0.2, 0.25) is 0 Å². The molecule has 1 aromatic heterocycles. The summed E-state index contributed by atoms with van der Waals surface area (Å²) < 4.78 is 5.36. The zero-order valence-electron chi connectivity index (χ0n) is 9.54. The number of hydrogen-bond acceptors (Lipinski definition) is 3. The van der Waals surface area contributed by atoms with E-state index in [0.29, 0.717) is 12.3 Å². The van der Waals surface area contributed by atoms with E-state index in [-0.39, 0.29) is 5.91 Å². The largest absolute Gasteiger partial charge is 0.445 e. The SMILES string of the molecule is CNCCCC(=O)N(C)c1ccc(C)o1. The van der Waals surface area contributed by atoms with Gasteiger partial charge in [-0.05, 0) is 33.0 Å². The molecule has 0 aromatic carbocycles. The molecule has 0 saturated carbocycles. The maximum Gasteiger partial charge on any atom is 0.229 e. The fraction of sp³-hybridized carbons (Fsp3) is 0.545. The first kappa shape index (κ1) is 11.8. The van der Waals surface area contributed by atoms with E-state index in [1.165, 1.54) is 0 Å². The van der Waals surface area contributed by atoms with Crippen molar-refractivity contribution in [2.24, 2.45) is 0 Å². The Kier molecular flexibility index (Phi) is 4.37. The van der Waals surface area contributed by atoms with Crippen molar-refractivity contribution in [2.75, 3.05) is 25.5 Å². The van der Waals surface area contributed by atoms with Crippen LogP contribution in [0.1, 0.15) is 18.6 Å². The monoisotopic (exact) mass is 210 g/mol. The van der Waals surface area contributed by atoms with E-state index in [9.17, 15) is 4.79 Å². The van der Waals surface area contributed by atoms with Gasteiger partial charge in [0, 0.05) is 19.5 Å². The third kappa shape index (κ3) is 3.40. The molecule has 4 nitrogen and oxygen atoms in total. The van der Waals surface area contributed by atoms with Gasteiger partial charge < -0.3 is 9.73 Å². The summed E-state index contributed by atoms with van der Waals surface area (Å²) in [6.07, 6.45) is 1.39. The van der Waals surface area contributed by atoms with E-state index in [1.54, 1.807) is 11.9 Å². The summed E-state index contributed by atoms with van der Waals surface area (Å²) in [5, 5.41) is 3.01. The van der Waals surface area contributed by atoms with Gasteiger partial charge in [0.15, 0.2) is 0 Å². The first-order valence-corrected chi connectivity index (χ1v) is 5.12. The van der Waals surface area contributed by atoms with Gasteiger partial charge in [-0.25, -0.2) is 0 Å². The minimum atomic E-state index is 0.0830. The lowest BCUT2D eigenvalue weighted by Gasteiger charge is -2.13. The molecule has 0 saturated heterocycles. The molecule has 15 heavy (non-hydrogen) atoms. The van der Waals surface area contributed by atoms with Crippen LogP contribution >= 0.6 is 0 Å². The van der Waals surface area contributed by atoms with E-state index >= 15 is 0 Å². The van der Waals surface area contributed by atoms with Gasteiger partial charge in [0.1, 0.15) is 5.76 Å². The summed E-state index contributed by atoms with van der Waals surface area (Å²) in [5.41, 5.74) is 0. The molecular formula is C11H18N2O2. The Morgan fingerprint density at radius 2 is 2.27 bits per heavy atom. The smallest absolute Gasteiger partial charge is 0.229 e. The van der Waals surface area contributed by atoms with Crippen molar-refractivity contribution in [3.05, 3.63) is 17.9 Å². The van der Waals surface area contributed by atoms with Crippen LogP contribution in [-0.4, -0.2) is 26.5 Å². The van der Waals surface area contributed by atoms with Gasteiger partial charge in [-0.1, -0.05) is 0 Å². The molecule has 0 aliphatic heterocycles. The molecule has 0 aliphatic rings. The number of carbonyl (C=O) groups is 1. The third-order valence-electron chi connectivity index (χ3n) is 2.25. The van der Waals surface area contributed by atoms with Gasteiger partial charge in [0.2, 0.25) is 11.8 Å². The van der Waals surface area contributed by atoms with Crippen LogP contribution in [-0.2, 0) is 4.79 Å². The molecule has 0 atom stereocenters. The summed E-state index contributed by atoms with van der Waals surface area (Å²) >= 11 is 0. The van der Waals surface area contributed by atoms with Crippen LogP contribution in [0.25, 0.3) is 0 Å². The molecule has 1 heterocycles. The van der Waals surface area contributed by atoms with Crippen LogP contribution in [0.3, 0.4) is 0 Å². The lowest BCUT2D eigenvalue weighted by Crippen LogP contribution is -2.26. The molecular weight excluding hydrogens is 192 g/mol. The molecule has 1 N–H and O–H groups in total. The van der Waals surface area contributed by atoms with Crippen LogP contribution < -0.4 is 10.2 Å². The molecule has 0 unspecified atom stereocenters. The van der Waals surface area contributed by atoms with Crippen LogP contribution in [0, 0.1) is 6.92 Å². The average molecular weight is 210 g/mol. The summed E-state index contributed by atoms with van der Waals surface area (Å²) in [6.45, 7) is 2.72. The maximum atomic E-state index is 11.7. The van der Waals surface area contributed by atoms with Gasteiger partial charge in [-0.15, -0.1) is 0 Å². The van der Waals surface area contributed by atoms with Crippen molar-refractivity contribution in [3.8, 4) is 0 Å². The first-order chi connectivity index (χ1) is 7.15. The lowest BCUT2D eigenvalue weighted by molar-refractivity contribution is -0.118. The lowest BCUT2D eigenvalue weighted by atomic mass is 10.3. The molecule has 0 aliphatic carbocycles. The summed E-state index contributed by atoms with van der Waals surface area (Å²) in [5.74, 6) is 1.52. The highest BCUT2D eigenvalue weighted by atomic mass is 16.4. The van der Waals surface area contributed by atoms with Crippen LogP contribution in [0.5, 0.6) is 0 Å². The normalized spacial score (nSPS) is 10.3. The summed E-state index contributed by atoms with van der Waals surface area (Å²) in [4.78, 5) is 13.2. The number of rotatable bonds is 5. The van der Waals surface area contributed by atoms with Crippen molar-refractivity contribution < 1.29 is 9.21 Å². The highest BCUT2D eigenvalue weighted by Gasteiger charge is 2.12. The third-order valence-corrected chi connectivity index (χ3v) is 2.25. The zero-order chi connectivity index (χ0) is 11.3. The number of anilines is 1. The molecule has 84 valence electrons. The van der Waals surface area contributed by atoms with Crippen molar-refractivity contribution in [1.82, 2.24) is 5.32 Å². The van der Waals surface area contributed by atoms with Crippen molar-refractivity contribution in [2.45, 2.75) is 19.8 Å². The van der Waals surface area contributed by atoms with Crippen LogP contribution in [0.15, 0.2) is 16.5 Å². The van der Waals surface area contributed by atoms with E-state index in [0.717, 1.165) is 18.7 Å². The Bertz CT molecular complexity index is 320. The summed E-state index contributed by atoms with van der Waals surface area (Å²) in [7, 11) is 3.62. The number of carbonyl (C=O) groups excluding carboxylic acids is 1. The molecule has 0 bridgehead atoms. The number of amides is 1. The van der Waals surface area contributed by atoms with Gasteiger partial charge >= 0.3 is 0 Å². The Labute approximate surface area is 90.3 Å². The Morgan fingerprint density at radius 1 is 1.53 bits per heavy atom. The minimum Gasteiger partial charge on any atom is -0.445 e. The Balaban J connectivity index is 2.46. The van der Waals surface area contributed by atoms with Crippen molar-refractivity contribution >= 4 is 11.8 Å². The second kappa shape index (κ2) is 5.56. The quantitative estimate of drug-likeness (QED) is 0.750. The molecule has 1 rings (SSSR count). The van der Waals surface area contributed by atoms with Gasteiger partial charge in [-0.2, -0.15) is 0 Å². The van der Waals surface area contributed by atoms with E-state index in [2.05, 4.69) is 5.32 Å². The topological polar surface area (TPSA) is 45.5 Å². The second-order valence-electron chi connectivity index (χ2n) is 3.54. The highest BCUT2D eigenvalue weighted by Crippen LogP contribution is 2.17. The fourth-order valence-corrected chi connectivity index (χ4v) is 1.31. The summed E-state index contributed by atoms with van der Waals surface area (Å²) in [6, 6.07) is 3.66. The maximum absolute atomic E-state index is 11.7. The highest BCUT2D eigenvalue weighted by molar-refractivity contribution is 5.91. The van der Waals surface area contributed by atoms with Crippen molar-refractivity contribution in [1.29, 1.82) is 0 Å². The number of nitrogens with one attached hydrogen (secondary N) is 1. The Hall–Kier alpha value is -1.29. The van der Waals surface area contributed by atoms with Crippen LogP contribution in [0.4, 0.5) is 5.88 Å². The van der Waals surface area contributed by atoms with Gasteiger partial charge in [0.05, 0.1) is 0 Å². The molecule has 4 heteroatoms. The molecule has 0 fully saturated rings. The number of hydrogen-bond donors (Lipinski definition) is 1. The molecule has 0 spiro atoms. The Morgan fingerprint density at radius 3 is 2.80 bits per heavy atom. The van der Waals surface area contributed by atoms with E-state index in [4.69, 9.17) is 4.42 Å². The molecule has 1 amide bonds. The van der Waals surface area contributed by atoms with Gasteiger partial charge in [-0.3, -0.25) is 9.69 Å². The minimum absolute atomic E-state index is 0.0830. The zero-order valence-corrected chi connectivity index (χ0v) is 9.54. The van der Waals surface area contributed by atoms with E-state index in [1.807, 2.05) is 26.1 Å². The molecule has 0 radical (unpaired) electrons. The van der Waals surface area contributed by atoms with E-state index < -0.39 is 0 Å². The predicted molar refractivity (Wildman–Crippen MR) is 60.0 cm³/mol. The molecule has 1 aromatic rings. The number of nitrogens with zero attached hydrogens (tertiary/aromatic N) is 1. The average Bonchev–Trinajstić information content (AvgIpc) is 2.64. The number of furan rings is 1. The van der Waals surface area contributed by atoms with Gasteiger partial charge in [0.25, 0.3) is 0 Å². The fourth-order valence-electron chi connectivity index (χ4n) is 1.31. The second-order valence-corrected chi connectivity index (χ2v) is 3.54. The predicted octanol–water partition coefficient (Wildman–Crippen LogP) is 1.55. The van der Waals surface area contributed by atoms with Crippen molar-refractivity contribution in [3.63, 3.8) is 0 Å².